The van der Waals surface area contributed by atoms with Crippen molar-refractivity contribution in [2.45, 2.75) is 44.0 Å². The lowest BCUT2D eigenvalue weighted by atomic mass is 9.88. The van der Waals surface area contributed by atoms with Crippen LogP contribution >= 0.6 is 0 Å². The highest BCUT2D eigenvalue weighted by molar-refractivity contribution is 7.89. The summed E-state index contributed by atoms with van der Waals surface area (Å²) in [7, 11) is -3.49. The van der Waals surface area contributed by atoms with Crippen LogP contribution in [0.2, 0.25) is 0 Å². The largest absolute Gasteiger partial charge is 0.508 e. The van der Waals surface area contributed by atoms with Gasteiger partial charge in [0.15, 0.2) is 0 Å². The van der Waals surface area contributed by atoms with Gasteiger partial charge in [-0.05, 0) is 42.5 Å². The van der Waals surface area contributed by atoms with Crippen molar-refractivity contribution >= 4 is 10.0 Å². The van der Waals surface area contributed by atoms with Gasteiger partial charge in [0, 0.05) is 6.04 Å². The average molecular weight is 269 g/mol. The lowest BCUT2D eigenvalue weighted by molar-refractivity contribution is 0.313. The summed E-state index contributed by atoms with van der Waals surface area (Å²) in [6.45, 7) is 4.17. The Bertz CT molecular complexity index is 520. The van der Waals surface area contributed by atoms with Gasteiger partial charge < -0.3 is 5.11 Å². The topological polar surface area (TPSA) is 66.4 Å². The number of nitrogens with one attached hydrogen (secondary N) is 1. The first kappa shape index (κ1) is 13.4. The summed E-state index contributed by atoms with van der Waals surface area (Å²) >= 11 is 0. The molecule has 0 saturated heterocycles. The van der Waals surface area contributed by atoms with Crippen molar-refractivity contribution in [1.82, 2.24) is 4.72 Å². The van der Waals surface area contributed by atoms with Crippen LogP contribution in [0.4, 0.5) is 0 Å². The van der Waals surface area contributed by atoms with E-state index in [9.17, 15) is 13.5 Å². The van der Waals surface area contributed by atoms with Gasteiger partial charge in [0.25, 0.3) is 0 Å². The van der Waals surface area contributed by atoms with E-state index in [1.54, 1.807) is 0 Å². The zero-order valence-electron chi connectivity index (χ0n) is 10.7. The molecule has 1 atom stereocenters. The predicted molar refractivity (Wildman–Crippen MR) is 69.8 cm³/mol. The Morgan fingerprint density at radius 3 is 2.39 bits per heavy atom. The molecule has 1 unspecified atom stereocenters. The second kappa shape index (κ2) is 4.55. The Balaban J connectivity index is 2.20. The molecule has 5 heteroatoms. The van der Waals surface area contributed by atoms with Gasteiger partial charge in [-0.3, -0.25) is 0 Å². The molecule has 0 spiro atoms. The van der Waals surface area contributed by atoms with Crippen LogP contribution in [0.5, 0.6) is 5.75 Å². The van der Waals surface area contributed by atoms with Gasteiger partial charge in [0.2, 0.25) is 10.0 Å². The maximum absolute atomic E-state index is 12.2. The first-order valence-corrected chi connectivity index (χ1v) is 7.61. The molecule has 2 N–H and O–H groups in total. The van der Waals surface area contributed by atoms with Crippen LogP contribution in [0, 0.1) is 5.41 Å². The molecule has 4 nitrogen and oxygen atoms in total. The number of phenolic OH excluding ortho intramolecular Hbond substituents is 1. The average Bonchev–Trinajstić information content (AvgIpc) is 2.58. The first-order chi connectivity index (χ1) is 8.31. The highest BCUT2D eigenvalue weighted by Gasteiger charge is 2.37. The van der Waals surface area contributed by atoms with E-state index in [0.29, 0.717) is 0 Å². The van der Waals surface area contributed by atoms with Crippen LogP contribution in [-0.2, 0) is 10.0 Å². The highest BCUT2D eigenvalue weighted by Crippen LogP contribution is 2.37. The van der Waals surface area contributed by atoms with E-state index in [1.165, 1.54) is 24.3 Å². The summed E-state index contributed by atoms with van der Waals surface area (Å²) in [5, 5.41) is 9.17. The second-order valence-electron chi connectivity index (χ2n) is 5.55. The smallest absolute Gasteiger partial charge is 0.240 e. The standard InChI is InChI=1S/C13H19NO3S/c1-13(2)9-3-4-12(13)14-18(16,17)11-7-5-10(15)6-8-11/h5-8,12,14-15H,3-4,9H2,1-2H3. The van der Waals surface area contributed by atoms with E-state index in [2.05, 4.69) is 18.6 Å². The monoisotopic (exact) mass is 269 g/mol. The normalized spacial score (nSPS) is 23.1. The van der Waals surface area contributed by atoms with Gasteiger partial charge in [0.05, 0.1) is 4.90 Å². The molecule has 0 aliphatic heterocycles. The number of benzene rings is 1. The van der Waals surface area contributed by atoms with Gasteiger partial charge in [-0.1, -0.05) is 20.3 Å². The minimum atomic E-state index is -3.49. The fourth-order valence-electron chi connectivity index (χ4n) is 2.43. The van der Waals surface area contributed by atoms with Gasteiger partial charge in [-0.2, -0.15) is 0 Å². The second-order valence-corrected chi connectivity index (χ2v) is 7.26. The molecule has 100 valence electrons. The molecular formula is C13H19NO3S. The third-order valence-electron chi connectivity index (χ3n) is 3.70. The molecule has 1 aliphatic carbocycles. The third-order valence-corrected chi connectivity index (χ3v) is 5.19. The lowest BCUT2D eigenvalue weighted by Gasteiger charge is -2.27. The van der Waals surface area contributed by atoms with Gasteiger partial charge in [-0.25, -0.2) is 13.1 Å². The van der Waals surface area contributed by atoms with Crippen molar-refractivity contribution in [3.63, 3.8) is 0 Å². The molecular weight excluding hydrogens is 250 g/mol. The Morgan fingerprint density at radius 2 is 1.89 bits per heavy atom. The molecule has 18 heavy (non-hydrogen) atoms. The number of phenols is 1. The molecule has 1 aromatic rings. The molecule has 1 saturated carbocycles. The number of rotatable bonds is 3. The van der Waals surface area contributed by atoms with Crippen LogP contribution in [0.1, 0.15) is 33.1 Å². The maximum Gasteiger partial charge on any atom is 0.240 e. The Hall–Kier alpha value is -1.07. The predicted octanol–water partition coefficient (Wildman–Crippen LogP) is 2.25. The minimum absolute atomic E-state index is 0.00396. The molecule has 0 aromatic heterocycles. The first-order valence-electron chi connectivity index (χ1n) is 6.13. The molecule has 0 radical (unpaired) electrons. The van der Waals surface area contributed by atoms with Crippen LogP contribution in [0.25, 0.3) is 0 Å². The summed E-state index contributed by atoms with van der Waals surface area (Å²) < 4.78 is 27.2. The Kier molecular flexibility index (Phi) is 3.38. The fourth-order valence-corrected chi connectivity index (χ4v) is 3.87. The molecule has 1 aromatic carbocycles. The Labute approximate surface area is 108 Å². The molecule has 0 heterocycles. The van der Waals surface area contributed by atoms with Gasteiger partial charge in [-0.15, -0.1) is 0 Å². The van der Waals surface area contributed by atoms with Crippen LogP contribution in [0.3, 0.4) is 0 Å². The number of sulfonamides is 1. The van der Waals surface area contributed by atoms with Crippen LogP contribution < -0.4 is 4.72 Å². The SMILES string of the molecule is CC1(C)CCCC1NS(=O)(=O)c1ccc(O)cc1. The summed E-state index contributed by atoms with van der Waals surface area (Å²) in [5.74, 6) is 0.0650. The Morgan fingerprint density at radius 1 is 1.28 bits per heavy atom. The number of hydrogen-bond donors (Lipinski definition) is 2. The quantitative estimate of drug-likeness (QED) is 0.884. The molecule has 0 bridgehead atoms. The van der Waals surface area contributed by atoms with Crippen molar-refractivity contribution in [3.8, 4) is 5.75 Å². The van der Waals surface area contributed by atoms with E-state index >= 15 is 0 Å². The van der Waals surface area contributed by atoms with Crippen molar-refractivity contribution < 1.29 is 13.5 Å². The van der Waals surface area contributed by atoms with E-state index in [-0.39, 0.29) is 22.1 Å². The summed E-state index contributed by atoms with van der Waals surface area (Å²) in [6, 6.07) is 5.58. The van der Waals surface area contributed by atoms with Crippen molar-refractivity contribution in [1.29, 1.82) is 0 Å². The van der Waals surface area contributed by atoms with E-state index in [0.717, 1.165) is 19.3 Å². The molecule has 2 rings (SSSR count). The zero-order chi connectivity index (χ0) is 13.4. The molecule has 1 aliphatic rings. The highest BCUT2D eigenvalue weighted by atomic mass is 32.2. The van der Waals surface area contributed by atoms with E-state index < -0.39 is 10.0 Å². The summed E-state index contributed by atoms with van der Waals surface area (Å²) in [6.07, 6.45) is 2.97. The van der Waals surface area contributed by atoms with Crippen LogP contribution in [0.15, 0.2) is 29.2 Å². The van der Waals surface area contributed by atoms with Crippen molar-refractivity contribution in [2.24, 2.45) is 5.41 Å². The number of aromatic hydroxyl groups is 1. The summed E-state index contributed by atoms with van der Waals surface area (Å²) in [4.78, 5) is 0.197. The number of hydrogen-bond acceptors (Lipinski definition) is 3. The van der Waals surface area contributed by atoms with Gasteiger partial charge in [0.1, 0.15) is 5.75 Å². The maximum atomic E-state index is 12.2. The van der Waals surface area contributed by atoms with E-state index in [4.69, 9.17) is 0 Å². The van der Waals surface area contributed by atoms with Crippen molar-refractivity contribution in [3.05, 3.63) is 24.3 Å². The van der Waals surface area contributed by atoms with E-state index in [1.807, 2.05) is 0 Å². The zero-order valence-corrected chi connectivity index (χ0v) is 11.5. The van der Waals surface area contributed by atoms with Crippen LogP contribution in [-0.4, -0.2) is 19.6 Å². The third kappa shape index (κ3) is 2.67. The van der Waals surface area contributed by atoms with Gasteiger partial charge >= 0.3 is 0 Å². The fraction of sp³-hybridized carbons (Fsp3) is 0.538. The molecule has 1 fully saturated rings. The molecule has 0 amide bonds. The van der Waals surface area contributed by atoms with Crippen molar-refractivity contribution in [2.75, 3.05) is 0 Å². The minimum Gasteiger partial charge on any atom is -0.508 e. The lowest BCUT2D eigenvalue weighted by Crippen LogP contribution is -2.41. The summed E-state index contributed by atoms with van der Waals surface area (Å²) in [5.41, 5.74) is 0.00396.